The fourth-order valence-electron chi connectivity index (χ4n) is 3.34. The van der Waals surface area contributed by atoms with E-state index in [0.29, 0.717) is 38.9 Å². The van der Waals surface area contributed by atoms with Gasteiger partial charge in [0.05, 0.1) is 33.0 Å². The van der Waals surface area contributed by atoms with Crippen LogP contribution in [0.25, 0.3) is 22.6 Å². The van der Waals surface area contributed by atoms with Crippen molar-refractivity contribution in [2.24, 2.45) is 0 Å². The van der Waals surface area contributed by atoms with Crippen LogP contribution in [0.1, 0.15) is 6.42 Å². The summed E-state index contributed by atoms with van der Waals surface area (Å²) in [5.74, 6) is 1.34. The predicted octanol–water partition coefficient (Wildman–Crippen LogP) is 3.24. The maximum Gasteiger partial charge on any atom is 0.227 e. The molecule has 0 bridgehead atoms. The summed E-state index contributed by atoms with van der Waals surface area (Å²) in [6.45, 7) is 5.82. The second-order valence-electron chi connectivity index (χ2n) is 7.50. The Bertz CT molecular complexity index is 918. The smallest absolute Gasteiger partial charge is 0.227 e. The maximum atomic E-state index is 8.82. The molecule has 8 heteroatoms. The summed E-state index contributed by atoms with van der Waals surface area (Å²) >= 11 is 0. The lowest BCUT2D eigenvalue weighted by molar-refractivity contribution is 0.0503. The molecule has 3 rings (SSSR count). The van der Waals surface area contributed by atoms with Gasteiger partial charge in [0.1, 0.15) is 17.9 Å². The van der Waals surface area contributed by atoms with Crippen LogP contribution in [0.4, 0.5) is 0 Å². The molecule has 1 N–H and O–H groups in total. The zero-order valence-electron chi connectivity index (χ0n) is 19.3. The Morgan fingerprint density at radius 3 is 2.42 bits per heavy atom. The first kappa shape index (κ1) is 25.1. The number of hydrogen-bond donors (Lipinski definition) is 1. The van der Waals surface area contributed by atoms with Gasteiger partial charge in [0, 0.05) is 45.0 Å². The molecule has 0 fully saturated rings. The van der Waals surface area contributed by atoms with Gasteiger partial charge in [-0.1, -0.05) is 18.2 Å². The number of aliphatic hydroxyl groups is 1. The number of fused-ring (bicyclic) bond motifs is 1. The molecule has 8 nitrogen and oxygen atoms in total. The predicted molar refractivity (Wildman–Crippen MR) is 127 cm³/mol. The molecule has 0 aliphatic carbocycles. The number of nitrogens with zero attached hydrogens (tertiary/aromatic N) is 2. The third kappa shape index (κ3) is 8.75. The van der Waals surface area contributed by atoms with Gasteiger partial charge in [-0.15, -0.1) is 0 Å². The van der Waals surface area contributed by atoms with Gasteiger partial charge in [-0.05, 0) is 30.7 Å². The Kier molecular flexibility index (Phi) is 11.1. The van der Waals surface area contributed by atoms with E-state index in [-0.39, 0.29) is 6.61 Å². The molecule has 0 unspecified atom stereocenters. The number of oxazole rings is 1. The molecule has 0 amide bonds. The van der Waals surface area contributed by atoms with Gasteiger partial charge in [0.15, 0.2) is 5.58 Å². The lowest BCUT2D eigenvalue weighted by Gasteiger charge is -2.22. The van der Waals surface area contributed by atoms with E-state index in [1.54, 1.807) is 7.11 Å². The summed E-state index contributed by atoms with van der Waals surface area (Å²) in [6.07, 6.45) is 0.954. The molecule has 0 spiro atoms. The molecule has 0 atom stereocenters. The maximum absolute atomic E-state index is 8.82. The Balaban J connectivity index is 1.37. The van der Waals surface area contributed by atoms with E-state index >= 15 is 0 Å². The monoisotopic (exact) mass is 458 g/mol. The summed E-state index contributed by atoms with van der Waals surface area (Å²) in [6, 6.07) is 15.5. The first-order valence-electron chi connectivity index (χ1n) is 11.4. The van der Waals surface area contributed by atoms with Gasteiger partial charge in [-0.25, -0.2) is 4.98 Å². The van der Waals surface area contributed by atoms with Crippen LogP contribution in [-0.2, 0) is 14.2 Å². The lowest BCUT2D eigenvalue weighted by Crippen LogP contribution is -2.33. The van der Waals surface area contributed by atoms with E-state index in [0.717, 1.165) is 55.1 Å². The first-order valence-corrected chi connectivity index (χ1v) is 11.4. The number of aromatic nitrogens is 1. The van der Waals surface area contributed by atoms with Crippen molar-refractivity contribution in [2.45, 2.75) is 6.42 Å². The van der Waals surface area contributed by atoms with Gasteiger partial charge in [-0.2, -0.15) is 0 Å². The van der Waals surface area contributed by atoms with Crippen molar-refractivity contribution in [2.75, 3.05) is 73.0 Å². The summed E-state index contributed by atoms with van der Waals surface area (Å²) in [4.78, 5) is 6.85. The normalized spacial score (nSPS) is 11.5. The van der Waals surface area contributed by atoms with Crippen LogP contribution in [0.3, 0.4) is 0 Å². The van der Waals surface area contributed by atoms with Crippen molar-refractivity contribution >= 4 is 11.1 Å². The minimum Gasteiger partial charge on any atom is -0.491 e. The van der Waals surface area contributed by atoms with Crippen LogP contribution in [0, 0.1) is 0 Å². The topological polar surface area (TPSA) is 86.4 Å². The summed E-state index contributed by atoms with van der Waals surface area (Å²) in [5, 5.41) is 8.82. The molecule has 1 aromatic heterocycles. The van der Waals surface area contributed by atoms with Gasteiger partial charge in [0.25, 0.3) is 0 Å². The minimum absolute atomic E-state index is 0.0462. The zero-order chi connectivity index (χ0) is 23.1. The molecule has 0 aliphatic rings. The number of hydrogen-bond acceptors (Lipinski definition) is 8. The van der Waals surface area contributed by atoms with Crippen molar-refractivity contribution in [3.05, 3.63) is 48.5 Å². The quantitative estimate of drug-likeness (QED) is 0.309. The molecule has 3 aromatic rings. The summed E-state index contributed by atoms with van der Waals surface area (Å²) in [7, 11) is 1.71. The number of rotatable bonds is 17. The van der Waals surface area contributed by atoms with E-state index < -0.39 is 0 Å². The molecule has 0 saturated carbocycles. The highest BCUT2D eigenvalue weighted by molar-refractivity contribution is 5.77. The fourth-order valence-corrected chi connectivity index (χ4v) is 3.34. The molecule has 2 aromatic carbocycles. The highest BCUT2D eigenvalue weighted by atomic mass is 16.5. The lowest BCUT2D eigenvalue weighted by atomic mass is 10.2. The average molecular weight is 459 g/mol. The van der Waals surface area contributed by atoms with E-state index in [9.17, 15) is 0 Å². The largest absolute Gasteiger partial charge is 0.491 e. The van der Waals surface area contributed by atoms with Crippen LogP contribution in [0.5, 0.6) is 5.75 Å². The number of benzene rings is 2. The second kappa shape index (κ2) is 14.6. The van der Waals surface area contributed by atoms with Crippen molar-refractivity contribution in [3.8, 4) is 17.2 Å². The molecule has 1 heterocycles. The number of aliphatic hydroxyl groups excluding tert-OH is 1. The molecule has 0 radical (unpaired) electrons. The van der Waals surface area contributed by atoms with Crippen molar-refractivity contribution < 1.29 is 28.5 Å². The van der Waals surface area contributed by atoms with Crippen molar-refractivity contribution in [1.29, 1.82) is 0 Å². The molecular formula is C25H34N2O6. The number of methoxy groups -OCH3 is 1. The van der Waals surface area contributed by atoms with E-state index in [1.807, 2.05) is 48.5 Å². The zero-order valence-corrected chi connectivity index (χ0v) is 19.3. The Labute approximate surface area is 195 Å². The van der Waals surface area contributed by atoms with Crippen LogP contribution in [0.2, 0.25) is 0 Å². The second-order valence-corrected chi connectivity index (χ2v) is 7.50. The van der Waals surface area contributed by atoms with Gasteiger partial charge in [-0.3, -0.25) is 4.90 Å². The highest BCUT2D eigenvalue weighted by Crippen LogP contribution is 2.26. The Hall–Kier alpha value is -2.49. The third-order valence-electron chi connectivity index (χ3n) is 5.04. The molecule has 33 heavy (non-hydrogen) atoms. The van der Waals surface area contributed by atoms with Gasteiger partial charge < -0.3 is 28.5 Å². The Morgan fingerprint density at radius 1 is 0.879 bits per heavy atom. The minimum atomic E-state index is 0.0462. The van der Waals surface area contributed by atoms with Crippen LogP contribution in [0.15, 0.2) is 52.9 Å². The molecular weight excluding hydrogens is 424 g/mol. The summed E-state index contributed by atoms with van der Waals surface area (Å²) < 4.78 is 27.9. The van der Waals surface area contributed by atoms with Crippen LogP contribution < -0.4 is 4.74 Å². The standard InChI is InChI=1S/C25H34N2O6/c1-29-14-5-10-27(11-15-30-17-13-28)12-16-31-18-19-32-22-8-9-24-23(20-22)26-25(33-24)21-6-3-2-4-7-21/h2-4,6-9,20,28H,5,10-19H2,1H3. The van der Waals surface area contributed by atoms with Gasteiger partial charge in [0.2, 0.25) is 5.89 Å². The van der Waals surface area contributed by atoms with Crippen molar-refractivity contribution in [1.82, 2.24) is 9.88 Å². The van der Waals surface area contributed by atoms with E-state index in [4.69, 9.17) is 28.5 Å². The van der Waals surface area contributed by atoms with E-state index in [1.165, 1.54) is 0 Å². The first-order chi connectivity index (χ1) is 16.3. The highest BCUT2D eigenvalue weighted by Gasteiger charge is 2.09. The van der Waals surface area contributed by atoms with E-state index in [2.05, 4.69) is 9.88 Å². The molecule has 180 valence electrons. The summed E-state index contributed by atoms with van der Waals surface area (Å²) in [5.41, 5.74) is 2.44. The molecule has 0 aliphatic heterocycles. The van der Waals surface area contributed by atoms with Crippen molar-refractivity contribution in [3.63, 3.8) is 0 Å². The van der Waals surface area contributed by atoms with Crippen LogP contribution >= 0.6 is 0 Å². The fraction of sp³-hybridized carbons (Fsp3) is 0.480. The average Bonchev–Trinajstić information content (AvgIpc) is 3.28. The third-order valence-corrected chi connectivity index (χ3v) is 5.04. The SMILES string of the molecule is COCCCN(CCOCCO)CCOCCOc1ccc2oc(-c3ccccc3)nc2c1. The number of ether oxygens (including phenoxy) is 4. The Morgan fingerprint density at radius 2 is 1.67 bits per heavy atom. The van der Waals surface area contributed by atoms with Crippen LogP contribution in [-0.4, -0.2) is 88.0 Å². The molecule has 0 saturated heterocycles. The van der Waals surface area contributed by atoms with Gasteiger partial charge >= 0.3 is 0 Å².